The summed E-state index contributed by atoms with van der Waals surface area (Å²) in [7, 11) is 0. The highest BCUT2D eigenvalue weighted by Gasteiger charge is 2.40. The van der Waals surface area contributed by atoms with E-state index in [-0.39, 0.29) is 12.2 Å². The molecule has 136 valence electrons. The van der Waals surface area contributed by atoms with Crippen molar-refractivity contribution in [2.45, 2.75) is 56.9 Å². The Labute approximate surface area is 157 Å². The molecule has 5 nitrogen and oxygen atoms in total. The first-order chi connectivity index (χ1) is 11.9. The van der Waals surface area contributed by atoms with Gasteiger partial charge < -0.3 is 5.11 Å². The summed E-state index contributed by atoms with van der Waals surface area (Å²) in [6.45, 7) is 0. The summed E-state index contributed by atoms with van der Waals surface area (Å²) in [5.74, 6) is 4.83. The molecule has 3 rings (SSSR count). The molecular weight excluding hydrogens is 363 g/mol. The second-order valence-electron chi connectivity index (χ2n) is 7.04. The summed E-state index contributed by atoms with van der Waals surface area (Å²) in [6, 6.07) is 2.19. The zero-order chi connectivity index (χ0) is 18.1. The molecule has 1 fully saturated rings. The van der Waals surface area contributed by atoms with Crippen molar-refractivity contribution in [2.24, 2.45) is 11.8 Å². The van der Waals surface area contributed by atoms with Crippen molar-refractivity contribution in [1.29, 1.82) is 0 Å². The zero-order valence-electron chi connectivity index (χ0n) is 13.9. The fourth-order valence-electron chi connectivity index (χ4n) is 4.08. The van der Waals surface area contributed by atoms with Crippen LogP contribution in [0.25, 0.3) is 0 Å². The first kappa shape index (κ1) is 18.5. The summed E-state index contributed by atoms with van der Waals surface area (Å²) in [5, 5.41) is 11.4. The number of carboxylic acids is 1. The van der Waals surface area contributed by atoms with Crippen molar-refractivity contribution >= 4 is 40.6 Å². The number of anilines is 1. The minimum absolute atomic E-state index is 0.0525. The highest BCUT2D eigenvalue weighted by Crippen LogP contribution is 2.44. The quantitative estimate of drug-likeness (QED) is 0.761. The van der Waals surface area contributed by atoms with Crippen molar-refractivity contribution in [3.05, 3.63) is 27.7 Å². The molecule has 1 aromatic rings. The minimum atomic E-state index is -1.06. The first-order valence-corrected chi connectivity index (χ1v) is 9.42. The summed E-state index contributed by atoms with van der Waals surface area (Å²) in [4.78, 5) is 24.6. The van der Waals surface area contributed by atoms with Gasteiger partial charge in [-0.05, 0) is 24.5 Å². The molecule has 7 heteroatoms. The molecule has 1 heterocycles. The van der Waals surface area contributed by atoms with Gasteiger partial charge in [0, 0.05) is 27.9 Å². The molecule has 1 saturated carbocycles. The maximum atomic E-state index is 13.0. The Bertz CT molecular complexity index is 689. The van der Waals surface area contributed by atoms with E-state index in [0.29, 0.717) is 33.6 Å². The van der Waals surface area contributed by atoms with Gasteiger partial charge in [0.05, 0.1) is 5.69 Å². The van der Waals surface area contributed by atoms with Gasteiger partial charge in [-0.25, -0.2) is 10.6 Å². The molecule has 1 aromatic carbocycles. The molecule has 0 spiro atoms. The number of Topliss-reactive ketones (excluding diaryl/α,β-unsaturated/α-hetero) is 1. The smallest absolute Gasteiger partial charge is 0.327 e. The summed E-state index contributed by atoms with van der Waals surface area (Å²) in [6.07, 6.45) is 6.26. The molecule has 0 bridgehead atoms. The van der Waals surface area contributed by atoms with E-state index in [0.717, 1.165) is 25.7 Å². The normalized spacial score (nSPS) is 24.0. The van der Waals surface area contributed by atoms with Gasteiger partial charge in [-0.1, -0.05) is 55.3 Å². The van der Waals surface area contributed by atoms with Crippen LogP contribution in [0.5, 0.6) is 0 Å². The molecule has 0 saturated heterocycles. The average Bonchev–Trinajstić information content (AvgIpc) is 2.56. The molecule has 0 radical (unpaired) electrons. The van der Waals surface area contributed by atoms with Gasteiger partial charge >= 0.3 is 5.97 Å². The third-order valence-electron chi connectivity index (χ3n) is 5.38. The molecule has 1 aliphatic carbocycles. The molecule has 25 heavy (non-hydrogen) atoms. The largest absolute Gasteiger partial charge is 0.480 e. The Hall–Kier alpha value is -1.30. The number of ketones is 1. The Morgan fingerprint density at radius 2 is 1.88 bits per heavy atom. The fraction of sp³-hybridized carbons (Fsp3) is 0.556. The van der Waals surface area contributed by atoms with E-state index < -0.39 is 17.9 Å². The van der Waals surface area contributed by atoms with Crippen LogP contribution in [-0.2, 0) is 9.59 Å². The molecule has 3 N–H and O–H groups in total. The minimum Gasteiger partial charge on any atom is -0.480 e. The first-order valence-electron chi connectivity index (χ1n) is 8.67. The number of carbonyl (C=O) groups is 2. The second kappa shape index (κ2) is 7.52. The number of hydrogen-bond acceptors (Lipinski definition) is 4. The number of halogens is 2. The van der Waals surface area contributed by atoms with Gasteiger partial charge in [-0.3, -0.25) is 9.80 Å². The van der Waals surface area contributed by atoms with Crippen LogP contribution in [0, 0.1) is 5.92 Å². The van der Waals surface area contributed by atoms with E-state index >= 15 is 0 Å². The number of hydrazine groups is 1. The predicted octanol–water partition coefficient (Wildman–Crippen LogP) is 4.15. The van der Waals surface area contributed by atoms with Crippen molar-refractivity contribution in [3.8, 4) is 0 Å². The summed E-state index contributed by atoms with van der Waals surface area (Å²) >= 11 is 12.4. The Balaban J connectivity index is 1.93. The number of carboxylic acid groups (broad SMARTS) is 1. The summed E-state index contributed by atoms with van der Waals surface area (Å²) in [5.41, 5.74) is 1.03. The number of nitrogens with two attached hydrogens (primary N) is 1. The molecule has 0 aromatic heterocycles. The topological polar surface area (TPSA) is 83.6 Å². The van der Waals surface area contributed by atoms with Crippen LogP contribution in [0.1, 0.15) is 56.4 Å². The van der Waals surface area contributed by atoms with Crippen LogP contribution in [0.4, 0.5) is 5.69 Å². The van der Waals surface area contributed by atoms with Crippen LogP contribution in [0.3, 0.4) is 0 Å². The van der Waals surface area contributed by atoms with Crippen molar-refractivity contribution in [2.75, 3.05) is 5.01 Å². The number of rotatable bonds is 4. The highest BCUT2D eigenvalue weighted by molar-refractivity contribution is 6.36. The highest BCUT2D eigenvalue weighted by atomic mass is 35.5. The third kappa shape index (κ3) is 3.78. The zero-order valence-corrected chi connectivity index (χ0v) is 15.4. The molecule has 2 atom stereocenters. The van der Waals surface area contributed by atoms with Crippen LogP contribution < -0.4 is 10.9 Å². The fourth-order valence-corrected chi connectivity index (χ4v) is 4.70. The standard InChI is InChI=1S/C18H22Cl2N2O3/c19-11-7-13(20)17-12(16(23)6-10-4-2-1-3-5-10)9-15(18(24)25)22(21)14(17)8-11/h7-8,10,12,15H,1-6,9,21H2,(H,24,25). The number of benzene rings is 1. The second-order valence-corrected chi connectivity index (χ2v) is 7.89. The number of fused-ring (bicyclic) bond motifs is 1. The van der Waals surface area contributed by atoms with Gasteiger partial charge in [0.15, 0.2) is 0 Å². The monoisotopic (exact) mass is 384 g/mol. The molecule has 2 aliphatic rings. The van der Waals surface area contributed by atoms with Crippen molar-refractivity contribution in [1.82, 2.24) is 0 Å². The number of aliphatic carboxylic acids is 1. The number of nitrogens with zero attached hydrogens (tertiary/aromatic N) is 1. The molecular formula is C18H22Cl2N2O3. The molecule has 0 amide bonds. The van der Waals surface area contributed by atoms with Gasteiger partial charge in [0.1, 0.15) is 11.8 Å². The molecule has 1 aliphatic heterocycles. The lowest BCUT2D eigenvalue weighted by molar-refractivity contribution is -0.139. The lowest BCUT2D eigenvalue weighted by Gasteiger charge is -2.37. The van der Waals surface area contributed by atoms with E-state index in [9.17, 15) is 14.7 Å². The van der Waals surface area contributed by atoms with E-state index in [1.807, 2.05) is 0 Å². The van der Waals surface area contributed by atoms with Crippen LogP contribution >= 0.6 is 23.2 Å². The maximum Gasteiger partial charge on any atom is 0.327 e. The van der Waals surface area contributed by atoms with Gasteiger partial charge in [-0.15, -0.1) is 0 Å². The number of hydrogen-bond donors (Lipinski definition) is 2. The van der Waals surface area contributed by atoms with Gasteiger partial charge in [-0.2, -0.15) is 0 Å². The van der Waals surface area contributed by atoms with E-state index in [2.05, 4.69) is 0 Å². The van der Waals surface area contributed by atoms with Crippen molar-refractivity contribution < 1.29 is 14.7 Å². The Morgan fingerprint density at radius 1 is 1.20 bits per heavy atom. The van der Waals surface area contributed by atoms with Gasteiger partial charge in [0.2, 0.25) is 0 Å². The van der Waals surface area contributed by atoms with Crippen LogP contribution in [0.15, 0.2) is 12.1 Å². The lowest BCUT2D eigenvalue weighted by Crippen LogP contribution is -2.51. The van der Waals surface area contributed by atoms with E-state index in [1.54, 1.807) is 12.1 Å². The third-order valence-corrected chi connectivity index (χ3v) is 5.91. The van der Waals surface area contributed by atoms with E-state index in [4.69, 9.17) is 29.0 Å². The summed E-state index contributed by atoms with van der Waals surface area (Å²) < 4.78 is 0. The van der Waals surface area contributed by atoms with E-state index in [1.165, 1.54) is 11.4 Å². The number of carbonyl (C=O) groups excluding carboxylic acids is 1. The maximum absolute atomic E-state index is 13.0. The molecule has 2 unspecified atom stereocenters. The predicted molar refractivity (Wildman–Crippen MR) is 98.1 cm³/mol. The van der Waals surface area contributed by atoms with Crippen LogP contribution in [-0.4, -0.2) is 22.9 Å². The Kier molecular flexibility index (Phi) is 5.56. The lowest BCUT2D eigenvalue weighted by atomic mass is 9.78. The van der Waals surface area contributed by atoms with Crippen LogP contribution in [0.2, 0.25) is 10.0 Å². The average molecular weight is 385 g/mol. The van der Waals surface area contributed by atoms with Crippen molar-refractivity contribution in [3.63, 3.8) is 0 Å². The Morgan fingerprint density at radius 3 is 2.52 bits per heavy atom. The SMILES string of the molecule is NN1c2cc(Cl)cc(Cl)c2C(C(=O)CC2CCCCC2)CC1C(=O)O. The van der Waals surface area contributed by atoms with Gasteiger partial charge in [0.25, 0.3) is 0 Å².